The number of rotatable bonds is 6. The molecule has 1 fully saturated rings. The lowest BCUT2D eigenvalue weighted by molar-refractivity contribution is -0.0492. The molecule has 8 nitrogen and oxygen atoms in total. The van der Waals surface area contributed by atoms with Gasteiger partial charge in [-0.25, -0.2) is 4.98 Å². The molecule has 1 unspecified atom stereocenters. The van der Waals surface area contributed by atoms with E-state index in [1.165, 1.54) is 13.0 Å². The van der Waals surface area contributed by atoms with Gasteiger partial charge in [0.05, 0.1) is 30.8 Å². The highest BCUT2D eigenvalue weighted by Gasteiger charge is 2.46. The lowest BCUT2D eigenvalue weighted by Gasteiger charge is -2.25. The Bertz CT molecular complexity index is 776. The number of allylic oxidation sites excluding steroid dienone is 1. The monoisotopic (exact) mass is 370 g/mol. The third-order valence-electron chi connectivity index (χ3n) is 4.67. The second kappa shape index (κ2) is 7.13. The van der Waals surface area contributed by atoms with Crippen molar-refractivity contribution in [2.75, 3.05) is 19.6 Å². The molecule has 1 aromatic rings. The molecule has 1 heterocycles. The fourth-order valence-electron chi connectivity index (χ4n) is 3.54. The van der Waals surface area contributed by atoms with Gasteiger partial charge in [0.15, 0.2) is 0 Å². The van der Waals surface area contributed by atoms with Crippen LogP contribution in [0.4, 0.5) is 0 Å². The van der Waals surface area contributed by atoms with Gasteiger partial charge in [-0.1, -0.05) is 6.08 Å². The minimum Gasteiger partial charge on any atom is -0.390 e. The van der Waals surface area contributed by atoms with Crippen molar-refractivity contribution in [1.82, 2.24) is 9.97 Å². The van der Waals surface area contributed by atoms with Crippen molar-refractivity contribution < 1.29 is 24.0 Å². The maximum Gasteiger partial charge on any atom is 0.254 e. The van der Waals surface area contributed by atoms with E-state index >= 15 is 0 Å². The minimum absolute atomic E-state index is 0.144. The summed E-state index contributed by atoms with van der Waals surface area (Å²) in [5.41, 5.74) is 1.74. The van der Waals surface area contributed by atoms with Crippen molar-refractivity contribution in [3.05, 3.63) is 34.0 Å². The molecule has 2 aliphatic carbocycles. The molecule has 0 aromatic carbocycles. The van der Waals surface area contributed by atoms with E-state index < -0.39 is 25.7 Å². The predicted octanol–water partition coefficient (Wildman–Crippen LogP) is 0.738. The van der Waals surface area contributed by atoms with Gasteiger partial charge in [0, 0.05) is 18.1 Å². The van der Waals surface area contributed by atoms with E-state index in [1.807, 2.05) is 6.08 Å². The smallest absolute Gasteiger partial charge is 0.254 e. The van der Waals surface area contributed by atoms with Crippen molar-refractivity contribution in [1.29, 1.82) is 0 Å². The van der Waals surface area contributed by atoms with Crippen LogP contribution in [0.15, 0.2) is 17.2 Å². The molecule has 0 saturated heterocycles. The third kappa shape index (κ3) is 3.64. The van der Waals surface area contributed by atoms with Crippen LogP contribution in [0.1, 0.15) is 24.6 Å². The lowest BCUT2D eigenvalue weighted by atomic mass is 9.93. The number of aromatic nitrogens is 2. The molecule has 2 aliphatic rings. The van der Waals surface area contributed by atoms with Gasteiger partial charge in [-0.15, -0.1) is 0 Å². The molecular formula is C16H23N2O6P. The molecule has 0 bridgehead atoms. The summed E-state index contributed by atoms with van der Waals surface area (Å²) in [5.74, 6) is -0.331. The zero-order chi connectivity index (χ0) is 18.2. The van der Waals surface area contributed by atoms with Crippen LogP contribution in [-0.4, -0.2) is 58.1 Å². The van der Waals surface area contributed by atoms with Crippen molar-refractivity contribution in [3.63, 3.8) is 0 Å². The highest BCUT2D eigenvalue weighted by Crippen LogP contribution is 2.46. The van der Waals surface area contributed by atoms with E-state index in [0.717, 1.165) is 5.57 Å². The molecule has 0 radical (unpaired) electrons. The zero-order valence-electron chi connectivity index (χ0n) is 14.2. The maximum absolute atomic E-state index is 12.3. The van der Waals surface area contributed by atoms with Crippen LogP contribution in [0.25, 0.3) is 5.57 Å². The molecule has 0 aliphatic heterocycles. The second-order valence-corrected chi connectivity index (χ2v) is 9.06. The van der Waals surface area contributed by atoms with Gasteiger partial charge in [-0.3, -0.25) is 9.36 Å². The highest BCUT2D eigenvalue weighted by atomic mass is 31.2. The van der Waals surface area contributed by atoms with Gasteiger partial charge in [0.2, 0.25) is 7.37 Å². The molecule has 3 N–H and O–H groups in total. The first-order chi connectivity index (χ1) is 11.8. The van der Waals surface area contributed by atoms with E-state index in [4.69, 9.17) is 9.26 Å². The van der Waals surface area contributed by atoms with Crippen LogP contribution in [-0.2, 0) is 20.2 Å². The van der Waals surface area contributed by atoms with E-state index in [-0.39, 0.29) is 24.2 Å². The van der Waals surface area contributed by atoms with Crippen molar-refractivity contribution in [3.8, 4) is 0 Å². The SMILES string of the molecule is CCOP(C)(=O)CO[C@@H]1[C@H](O)[C@@H](O)C[C@H]1C1=CCc2c1nc[nH]c2=O. The minimum atomic E-state index is -2.93. The molecule has 25 heavy (non-hydrogen) atoms. The fourth-order valence-corrected chi connectivity index (χ4v) is 4.61. The number of nitrogens with one attached hydrogen (secondary N) is 1. The number of aliphatic hydroxyl groups is 2. The highest BCUT2D eigenvalue weighted by molar-refractivity contribution is 7.57. The van der Waals surface area contributed by atoms with Gasteiger partial charge in [0.1, 0.15) is 12.5 Å². The Morgan fingerprint density at radius 3 is 2.92 bits per heavy atom. The van der Waals surface area contributed by atoms with E-state index in [0.29, 0.717) is 24.3 Å². The van der Waals surface area contributed by atoms with Gasteiger partial charge in [-0.05, 0) is 25.3 Å². The number of nitrogens with zero attached hydrogens (tertiary/aromatic N) is 1. The maximum atomic E-state index is 12.3. The summed E-state index contributed by atoms with van der Waals surface area (Å²) in [7, 11) is -2.93. The first kappa shape index (κ1) is 18.5. The molecule has 0 spiro atoms. The van der Waals surface area contributed by atoms with E-state index in [2.05, 4.69) is 9.97 Å². The predicted molar refractivity (Wildman–Crippen MR) is 91.6 cm³/mol. The Hall–Kier alpha value is -1.31. The fraction of sp³-hybridized carbons (Fsp3) is 0.625. The molecular weight excluding hydrogens is 347 g/mol. The van der Waals surface area contributed by atoms with Crippen LogP contribution in [0.3, 0.4) is 0 Å². The van der Waals surface area contributed by atoms with Crippen molar-refractivity contribution in [2.24, 2.45) is 5.92 Å². The molecule has 9 heteroatoms. The summed E-state index contributed by atoms with van der Waals surface area (Å²) in [4.78, 5) is 18.7. The number of H-pyrrole nitrogens is 1. The quantitative estimate of drug-likeness (QED) is 0.631. The summed E-state index contributed by atoms with van der Waals surface area (Å²) >= 11 is 0. The average molecular weight is 370 g/mol. The second-order valence-electron chi connectivity index (χ2n) is 6.51. The average Bonchev–Trinajstić information content (AvgIpc) is 3.09. The number of aromatic amines is 1. The Balaban J connectivity index is 1.82. The van der Waals surface area contributed by atoms with Crippen molar-refractivity contribution in [2.45, 2.75) is 38.1 Å². The normalized spacial score (nSPS) is 30.8. The topological polar surface area (TPSA) is 122 Å². The van der Waals surface area contributed by atoms with Crippen molar-refractivity contribution >= 4 is 12.9 Å². The standard InChI is InChI=1S/C16H23N2O6P/c1-3-24-25(2,22)8-23-15-11(6-12(19)14(15)20)9-4-5-10-13(9)17-7-18-16(10)21/h4,7,11-12,14-15,19-20H,3,5-6,8H2,1-2H3,(H,17,18,21)/t11-,12-,14+,15-,25?/m0/s1. The Morgan fingerprint density at radius 1 is 1.44 bits per heavy atom. The number of hydrogen-bond acceptors (Lipinski definition) is 7. The van der Waals surface area contributed by atoms with Gasteiger partial charge in [0.25, 0.3) is 5.56 Å². The van der Waals surface area contributed by atoms with Gasteiger partial charge in [-0.2, -0.15) is 0 Å². The molecule has 1 saturated carbocycles. The number of ether oxygens (including phenoxy) is 1. The Kier molecular flexibility index (Phi) is 5.27. The number of hydrogen-bond donors (Lipinski definition) is 3. The van der Waals surface area contributed by atoms with Crippen LogP contribution in [0.2, 0.25) is 0 Å². The van der Waals surface area contributed by atoms with Crippen LogP contribution in [0.5, 0.6) is 0 Å². The Morgan fingerprint density at radius 2 is 2.20 bits per heavy atom. The summed E-state index contributed by atoms with van der Waals surface area (Å²) in [5, 5.41) is 20.4. The molecule has 0 amide bonds. The lowest BCUT2D eigenvalue weighted by Crippen LogP contribution is -2.34. The number of aliphatic hydroxyl groups excluding tert-OH is 2. The molecule has 138 valence electrons. The van der Waals surface area contributed by atoms with Gasteiger partial charge >= 0.3 is 0 Å². The van der Waals surface area contributed by atoms with E-state index in [9.17, 15) is 19.6 Å². The first-order valence-electron chi connectivity index (χ1n) is 8.30. The summed E-state index contributed by atoms with van der Waals surface area (Å²) in [6.45, 7) is 3.53. The molecule has 3 rings (SSSR count). The summed E-state index contributed by atoms with van der Waals surface area (Å²) in [6, 6.07) is 0. The molecule has 1 aromatic heterocycles. The van der Waals surface area contributed by atoms with E-state index in [1.54, 1.807) is 6.92 Å². The van der Waals surface area contributed by atoms with Crippen LogP contribution >= 0.6 is 7.37 Å². The van der Waals surface area contributed by atoms with Gasteiger partial charge < -0.3 is 24.5 Å². The number of fused-ring (bicyclic) bond motifs is 1. The zero-order valence-corrected chi connectivity index (χ0v) is 15.1. The summed E-state index contributed by atoms with van der Waals surface area (Å²) < 4.78 is 23.2. The molecule has 5 atom stereocenters. The van der Waals surface area contributed by atoms with Crippen LogP contribution in [0, 0.1) is 5.92 Å². The largest absolute Gasteiger partial charge is 0.390 e. The Labute approximate surface area is 145 Å². The third-order valence-corrected chi connectivity index (χ3v) is 6.10. The first-order valence-corrected chi connectivity index (χ1v) is 10.6. The summed E-state index contributed by atoms with van der Waals surface area (Å²) in [6.07, 6.45) is 1.03. The van der Waals surface area contributed by atoms with Crippen LogP contribution < -0.4 is 5.56 Å².